The largest absolute Gasteiger partial charge is 0.494 e. The average Bonchev–Trinajstić information content (AvgIpc) is 2.81. The van der Waals surface area contributed by atoms with Crippen LogP contribution in [0.4, 0.5) is 11.4 Å². The summed E-state index contributed by atoms with van der Waals surface area (Å²) in [6.45, 7) is 5.55. The number of rotatable bonds is 6. The lowest BCUT2D eigenvalue weighted by Gasteiger charge is -2.17. The topological polar surface area (TPSA) is 65.1 Å². The lowest BCUT2D eigenvalue weighted by atomic mass is 10.2. The molecule has 0 aliphatic heterocycles. The number of nitrogens with one attached hydrogen (secondary N) is 1. The number of hydrogen-bond acceptors (Lipinski definition) is 4. The van der Waals surface area contributed by atoms with Gasteiger partial charge >= 0.3 is 0 Å². The molecule has 3 N–H and O–H groups in total. The molecule has 0 bridgehead atoms. The van der Waals surface area contributed by atoms with Gasteiger partial charge < -0.3 is 20.4 Å². The average molecular weight is 260 g/mol. The van der Waals surface area contributed by atoms with E-state index in [1.54, 1.807) is 6.20 Å². The number of imidazole rings is 1. The standard InChI is InChI=1S/C14H20N4O/c1-3-19-14-7-12(15)6-13(8-14)17-11(2)9-18-5-4-16-10-18/h4-8,10-11,17H,3,9,15H2,1-2H3. The lowest BCUT2D eigenvalue weighted by molar-refractivity contribution is 0.340. The fourth-order valence-corrected chi connectivity index (χ4v) is 2.00. The number of anilines is 2. The van der Waals surface area contributed by atoms with E-state index in [0.717, 1.165) is 18.0 Å². The fourth-order valence-electron chi connectivity index (χ4n) is 2.00. The van der Waals surface area contributed by atoms with E-state index in [1.807, 2.05) is 42.2 Å². The Morgan fingerprint density at radius 3 is 2.95 bits per heavy atom. The lowest BCUT2D eigenvalue weighted by Crippen LogP contribution is -2.21. The molecule has 0 saturated heterocycles. The van der Waals surface area contributed by atoms with Crippen LogP contribution in [0.3, 0.4) is 0 Å². The minimum Gasteiger partial charge on any atom is -0.494 e. The first kappa shape index (κ1) is 13.3. The highest BCUT2D eigenvalue weighted by molar-refractivity contribution is 5.59. The fraction of sp³-hybridized carbons (Fsp3) is 0.357. The molecule has 0 radical (unpaired) electrons. The van der Waals surface area contributed by atoms with Gasteiger partial charge in [-0.2, -0.15) is 0 Å². The van der Waals surface area contributed by atoms with E-state index in [4.69, 9.17) is 10.5 Å². The molecule has 1 unspecified atom stereocenters. The molecule has 1 atom stereocenters. The second-order valence-corrected chi connectivity index (χ2v) is 4.53. The maximum Gasteiger partial charge on any atom is 0.123 e. The molecular formula is C14H20N4O. The van der Waals surface area contributed by atoms with E-state index in [0.29, 0.717) is 12.3 Å². The van der Waals surface area contributed by atoms with E-state index in [2.05, 4.69) is 17.2 Å². The Labute approximate surface area is 113 Å². The Morgan fingerprint density at radius 2 is 2.26 bits per heavy atom. The van der Waals surface area contributed by atoms with Gasteiger partial charge in [0, 0.05) is 48.5 Å². The third-order valence-corrected chi connectivity index (χ3v) is 2.70. The van der Waals surface area contributed by atoms with Crippen LogP contribution in [-0.2, 0) is 6.54 Å². The number of nitrogens with zero attached hydrogens (tertiary/aromatic N) is 2. The first-order valence-electron chi connectivity index (χ1n) is 6.43. The van der Waals surface area contributed by atoms with Gasteiger partial charge in [-0.3, -0.25) is 0 Å². The molecule has 0 saturated carbocycles. The highest BCUT2D eigenvalue weighted by Crippen LogP contribution is 2.23. The summed E-state index contributed by atoms with van der Waals surface area (Å²) in [7, 11) is 0. The van der Waals surface area contributed by atoms with Crippen molar-refractivity contribution in [1.29, 1.82) is 0 Å². The molecule has 2 aromatic rings. The molecule has 1 heterocycles. The molecule has 0 aliphatic rings. The van der Waals surface area contributed by atoms with Crippen LogP contribution in [0.25, 0.3) is 0 Å². The second kappa shape index (κ2) is 6.13. The van der Waals surface area contributed by atoms with Crippen molar-refractivity contribution in [2.75, 3.05) is 17.7 Å². The van der Waals surface area contributed by atoms with Gasteiger partial charge in [0.25, 0.3) is 0 Å². The maximum absolute atomic E-state index is 5.87. The zero-order valence-corrected chi connectivity index (χ0v) is 11.3. The highest BCUT2D eigenvalue weighted by atomic mass is 16.5. The number of aromatic nitrogens is 2. The Kier molecular flexibility index (Phi) is 4.28. The smallest absolute Gasteiger partial charge is 0.123 e. The Balaban J connectivity index is 2.01. The molecule has 5 nitrogen and oxygen atoms in total. The third-order valence-electron chi connectivity index (χ3n) is 2.70. The summed E-state index contributed by atoms with van der Waals surface area (Å²) in [6, 6.07) is 5.97. The number of nitrogen functional groups attached to an aromatic ring is 1. The van der Waals surface area contributed by atoms with Crippen molar-refractivity contribution in [1.82, 2.24) is 9.55 Å². The van der Waals surface area contributed by atoms with Crippen molar-refractivity contribution in [3.63, 3.8) is 0 Å². The van der Waals surface area contributed by atoms with E-state index in [9.17, 15) is 0 Å². The van der Waals surface area contributed by atoms with Crippen molar-refractivity contribution in [2.24, 2.45) is 0 Å². The Hall–Kier alpha value is -2.17. The molecule has 102 valence electrons. The van der Waals surface area contributed by atoms with Crippen LogP contribution < -0.4 is 15.8 Å². The van der Waals surface area contributed by atoms with Crippen LogP contribution in [0.5, 0.6) is 5.75 Å². The molecule has 0 spiro atoms. The molecule has 0 amide bonds. The van der Waals surface area contributed by atoms with Crippen molar-refractivity contribution in [3.8, 4) is 5.75 Å². The molecule has 1 aromatic carbocycles. The summed E-state index contributed by atoms with van der Waals surface area (Å²) in [5, 5.41) is 3.41. The molecule has 19 heavy (non-hydrogen) atoms. The van der Waals surface area contributed by atoms with Crippen molar-refractivity contribution >= 4 is 11.4 Å². The predicted molar refractivity (Wildman–Crippen MR) is 77.3 cm³/mol. The molecule has 1 aromatic heterocycles. The highest BCUT2D eigenvalue weighted by Gasteiger charge is 2.05. The summed E-state index contributed by atoms with van der Waals surface area (Å²) in [4.78, 5) is 4.03. The number of nitrogens with two attached hydrogens (primary N) is 1. The van der Waals surface area contributed by atoms with Crippen LogP contribution >= 0.6 is 0 Å². The van der Waals surface area contributed by atoms with Crippen LogP contribution in [0.2, 0.25) is 0 Å². The van der Waals surface area contributed by atoms with E-state index in [1.165, 1.54) is 0 Å². The summed E-state index contributed by atoms with van der Waals surface area (Å²) in [5.41, 5.74) is 7.53. The summed E-state index contributed by atoms with van der Waals surface area (Å²) in [5.74, 6) is 0.792. The van der Waals surface area contributed by atoms with Crippen LogP contribution in [0, 0.1) is 0 Å². The summed E-state index contributed by atoms with van der Waals surface area (Å²) in [6.07, 6.45) is 5.53. The van der Waals surface area contributed by atoms with Crippen molar-refractivity contribution < 1.29 is 4.74 Å². The maximum atomic E-state index is 5.87. The van der Waals surface area contributed by atoms with Crippen LogP contribution in [0.15, 0.2) is 36.9 Å². The van der Waals surface area contributed by atoms with Gasteiger partial charge in [0.05, 0.1) is 12.9 Å². The zero-order valence-electron chi connectivity index (χ0n) is 11.3. The minimum atomic E-state index is 0.269. The first-order valence-corrected chi connectivity index (χ1v) is 6.43. The molecule has 5 heteroatoms. The van der Waals surface area contributed by atoms with Gasteiger partial charge in [-0.25, -0.2) is 4.98 Å². The Bertz CT molecular complexity index is 510. The van der Waals surface area contributed by atoms with Gasteiger partial charge in [-0.1, -0.05) is 0 Å². The van der Waals surface area contributed by atoms with Crippen molar-refractivity contribution in [3.05, 3.63) is 36.9 Å². The van der Waals surface area contributed by atoms with Gasteiger partial charge in [0.2, 0.25) is 0 Å². The summed E-state index contributed by atoms with van der Waals surface area (Å²) < 4.78 is 7.51. The number of hydrogen-bond donors (Lipinski definition) is 2. The minimum absolute atomic E-state index is 0.269. The van der Waals surface area contributed by atoms with Crippen LogP contribution in [-0.4, -0.2) is 22.2 Å². The quantitative estimate of drug-likeness (QED) is 0.783. The zero-order chi connectivity index (χ0) is 13.7. The van der Waals surface area contributed by atoms with Gasteiger partial charge in [0.15, 0.2) is 0 Å². The first-order chi connectivity index (χ1) is 9.17. The summed E-state index contributed by atoms with van der Waals surface area (Å²) >= 11 is 0. The number of ether oxygens (including phenoxy) is 1. The normalized spacial score (nSPS) is 12.1. The van der Waals surface area contributed by atoms with Gasteiger partial charge in [0.1, 0.15) is 5.75 Å². The molecular weight excluding hydrogens is 240 g/mol. The van der Waals surface area contributed by atoms with Gasteiger partial charge in [-0.05, 0) is 19.9 Å². The van der Waals surface area contributed by atoms with E-state index in [-0.39, 0.29) is 6.04 Å². The van der Waals surface area contributed by atoms with Crippen LogP contribution in [0.1, 0.15) is 13.8 Å². The SMILES string of the molecule is CCOc1cc(N)cc(NC(C)Cn2ccnc2)c1. The molecule has 0 aliphatic carbocycles. The van der Waals surface area contributed by atoms with E-state index >= 15 is 0 Å². The predicted octanol–water partition coefficient (Wildman–Crippen LogP) is 2.36. The third kappa shape index (κ3) is 3.91. The van der Waals surface area contributed by atoms with E-state index < -0.39 is 0 Å². The number of benzene rings is 1. The molecule has 0 fully saturated rings. The Morgan fingerprint density at radius 1 is 1.42 bits per heavy atom. The monoisotopic (exact) mass is 260 g/mol. The molecule has 2 rings (SSSR count). The second-order valence-electron chi connectivity index (χ2n) is 4.53. The van der Waals surface area contributed by atoms with Crippen molar-refractivity contribution in [2.45, 2.75) is 26.4 Å². The van der Waals surface area contributed by atoms with Gasteiger partial charge in [-0.15, -0.1) is 0 Å².